The lowest BCUT2D eigenvalue weighted by atomic mass is 10.3. The van der Waals surface area contributed by atoms with Crippen LogP contribution in [-0.4, -0.2) is 63.0 Å². The SMILES string of the molecule is CCNC1C2CN(c3cnc(C(=O)Nc4cn5cc(C)nc5c(OC)n4)cn3)CC21. The topological polar surface area (TPSA) is 110 Å². The number of rotatable bonds is 6. The molecule has 156 valence electrons. The first-order valence-corrected chi connectivity index (χ1v) is 10.1. The largest absolute Gasteiger partial charge is 0.478 e. The number of amides is 1. The number of imidazole rings is 1. The highest BCUT2D eigenvalue weighted by Crippen LogP contribution is 2.46. The van der Waals surface area contributed by atoms with Crippen molar-refractivity contribution in [3.05, 3.63) is 36.2 Å². The van der Waals surface area contributed by atoms with Crippen molar-refractivity contribution in [2.24, 2.45) is 11.8 Å². The molecule has 10 heteroatoms. The third-order valence-electron chi connectivity index (χ3n) is 5.79. The lowest BCUT2D eigenvalue weighted by Crippen LogP contribution is -2.31. The fraction of sp³-hybridized carbons (Fsp3) is 0.450. The van der Waals surface area contributed by atoms with Gasteiger partial charge in [-0.25, -0.2) is 15.0 Å². The monoisotopic (exact) mass is 408 g/mol. The molecule has 2 aliphatic rings. The van der Waals surface area contributed by atoms with E-state index in [0.717, 1.165) is 31.1 Å². The normalized spacial score (nSPS) is 22.2. The number of piperidine rings is 1. The predicted octanol–water partition coefficient (Wildman–Crippen LogP) is 1.13. The van der Waals surface area contributed by atoms with Crippen molar-refractivity contribution < 1.29 is 9.53 Å². The summed E-state index contributed by atoms with van der Waals surface area (Å²) in [6, 6.07) is 0.644. The van der Waals surface area contributed by atoms with Crippen LogP contribution < -0.4 is 20.3 Å². The quantitative estimate of drug-likeness (QED) is 0.625. The molecular formula is C20H24N8O2. The van der Waals surface area contributed by atoms with Gasteiger partial charge in [-0.2, -0.15) is 4.98 Å². The molecule has 4 heterocycles. The second kappa shape index (κ2) is 7.21. The summed E-state index contributed by atoms with van der Waals surface area (Å²) >= 11 is 0. The molecule has 30 heavy (non-hydrogen) atoms. The number of fused-ring (bicyclic) bond motifs is 2. The van der Waals surface area contributed by atoms with E-state index < -0.39 is 0 Å². The molecule has 1 saturated heterocycles. The Bertz CT molecular complexity index is 1080. The number of nitrogens with zero attached hydrogens (tertiary/aromatic N) is 6. The van der Waals surface area contributed by atoms with Gasteiger partial charge in [0.25, 0.3) is 11.8 Å². The van der Waals surface area contributed by atoms with E-state index in [4.69, 9.17) is 4.74 Å². The highest BCUT2D eigenvalue weighted by atomic mass is 16.5. The molecule has 1 aliphatic heterocycles. The molecule has 3 aromatic heterocycles. The Hall–Kier alpha value is -3.27. The number of anilines is 2. The van der Waals surface area contributed by atoms with Gasteiger partial charge >= 0.3 is 0 Å². The van der Waals surface area contributed by atoms with Gasteiger partial charge in [0.15, 0.2) is 5.82 Å². The first-order chi connectivity index (χ1) is 14.6. The highest BCUT2D eigenvalue weighted by molar-refractivity contribution is 6.02. The van der Waals surface area contributed by atoms with Crippen molar-refractivity contribution in [1.29, 1.82) is 0 Å². The van der Waals surface area contributed by atoms with Crippen molar-refractivity contribution >= 4 is 23.2 Å². The first-order valence-electron chi connectivity index (χ1n) is 10.1. The Labute approximate surface area is 173 Å². The van der Waals surface area contributed by atoms with Gasteiger partial charge in [-0.1, -0.05) is 6.92 Å². The summed E-state index contributed by atoms with van der Waals surface area (Å²) in [6.45, 7) is 7.00. The van der Waals surface area contributed by atoms with Gasteiger partial charge < -0.3 is 20.3 Å². The second-order valence-corrected chi connectivity index (χ2v) is 7.78. The molecule has 0 aromatic carbocycles. The molecule has 3 aromatic rings. The van der Waals surface area contributed by atoms with Crippen LogP contribution in [0, 0.1) is 18.8 Å². The number of hydrogen-bond acceptors (Lipinski definition) is 8. The van der Waals surface area contributed by atoms with Gasteiger partial charge in [-0.05, 0) is 25.3 Å². The Kier molecular flexibility index (Phi) is 4.50. The second-order valence-electron chi connectivity index (χ2n) is 7.78. The van der Waals surface area contributed by atoms with Crippen LogP contribution in [0.2, 0.25) is 0 Å². The van der Waals surface area contributed by atoms with Gasteiger partial charge in [0.1, 0.15) is 11.5 Å². The van der Waals surface area contributed by atoms with E-state index in [-0.39, 0.29) is 11.6 Å². The Morgan fingerprint density at radius 1 is 1.20 bits per heavy atom. The summed E-state index contributed by atoms with van der Waals surface area (Å²) in [5.41, 5.74) is 1.66. The Balaban J connectivity index is 1.27. The van der Waals surface area contributed by atoms with Gasteiger partial charge in [0.05, 0.1) is 31.4 Å². The van der Waals surface area contributed by atoms with Crippen molar-refractivity contribution in [2.45, 2.75) is 19.9 Å². The van der Waals surface area contributed by atoms with Crippen LogP contribution >= 0.6 is 0 Å². The average molecular weight is 408 g/mol. The minimum Gasteiger partial charge on any atom is -0.478 e. The van der Waals surface area contributed by atoms with Crippen molar-refractivity contribution in [3.63, 3.8) is 0 Å². The van der Waals surface area contributed by atoms with Crippen LogP contribution in [0.3, 0.4) is 0 Å². The zero-order valence-corrected chi connectivity index (χ0v) is 17.2. The molecule has 5 rings (SSSR count). The number of methoxy groups -OCH3 is 1. The number of nitrogens with one attached hydrogen (secondary N) is 2. The maximum absolute atomic E-state index is 12.6. The van der Waals surface area contributed by atoms with Crippen LogP contribution in [0.25, 0.3) is 5.65 Å². The molecule has 1 aliphatic carbocycles. The number of aryl methyl sites for hydroxylation is 1. The third-order valence-corrected chi connectivity index (χ3v) is 5.79. The van der Waals surface area contributed by atoms with Gasteiger partial charge in [0, 0.05) is 25.3 Å². The smallest absolute Gasteiger partial charge is 0.277 e. The number of carbonyl (C=O) groups excluding carboxylic acids is 1. The van der Waals surface area contributed by atoms with Crippen LogP contribution in [-0.2, 0) is 0 Å². The summed E-state index contributed by atoms with van der Waals surface area (Å²) < 4.78 is 7.06. The minimum atomic E-state index is -0.378. The maximum Gasteiger partial charge on any atom is 0.277 e. The van der Waals surface area contributed by atoms with Crippen molar-refractivity contribution in [2.75, 3.05) is 37.0 Å². The molecule has 1 amide bonds. The highest BCUT2D eigenvalue weighted by Gasteiger charge is 2.55. The van der Waals surface area contributed by atoms with Crippen molar-refractivity contribution in [3.8, 4) is 5.88 Å². The van der Waals surface area contributed by atoms with Gasteiger partial charge in [-0.15, -0.1) is 0 Å². The molecular weight excluding hydrogens is 384 g/mol. The summed E-state index contributed by atoms with van der Waals surface area (Å²) in [4.78, 5) is 32.3. The minimum absolute atomic E-state index is 0.233. The third kappa shape index (κ3) is 3.22. The van der Waals surface area contributed by atoms with E-state index in [1.165, 1.54) is 13.3 Å². The molecule has 0 spiro atoms. The van der Waals surface area contributed by atoms with E-state index in [1.54, 1.807) is 16.8 Å². The lowest BCUT2D eigenvalue weighted by Gasteiger charge is -2.20. The van der Waals surface area contributed by atoms with Gasteiger partial charge in [0.2, 0.25) is 5.65 Å². The van der Waals surface area contributed by atoms with Crippen molar-refractivity contribution in [1.82, 2.24) is 29.7 Å². The predicted molar refractivity (Wildman–Crippen MR) is 111 cm³/mol. The lowest BCUT2D eigenvalue weighted by molar-refractivity contribution is 0.102. The summed E-state index contributed by atoms with van der Waals surface area (Å²) in [7, 11) is 1.52. The maximum atomic E-state index is 12.6. The fourth-order valence-electron chi connectivity index (χ4n) is 4.32. The molecule has 2 N–H and O–H groups in total. The zero-order valence-electron chi connectivity index (χ0n) is 17.2. The van der Waals surface area contributed by atoms with E-state index in [9.17, 15) is 4.79 Å². The molecule has 1 saturated carbocycles. The van der Waals surface area contributed by atoms with Crippen LogP contribution in [0.4, 0.5) is 11.6 Å². The fourth-order valence-corrected chi connectivity index (χ4v) is 4.32. The number of hydrogen-bond donors (Lipinski definition) is 2. The van der Waals surface area contributed by atoms with E-state index in [2.05, 4.69) is 42.4 Å². The molecule has 2 unspecified atom stereocenters. The summed E-state index contributed by atoms with van der Waals surface area (Å²) in [6.07, 6.45) is 6.70. The summed E-state index contributed by atoms with van der Waals surface area (Å²) in [5, 5.41) is 6.28. The van der Waals surface area contributed by atoms with Crippen LogP contribution in [0.1, 0.15) is 23.1 Å². The summed E-state index contributed by atoms with van der Waals surface area (Å²) in [5.74, 6) is 2.50. The first kappa shape index (κ1) is 18.7. The Morgan fingerprint density at radius 3 is 2.67 bits per heavy atom. The molecule has 0 bridgehead atoms. The van der Waals surface area contributed by atoms with E-state index >= 15 is 0 Å². The van der Waals surface area contributed by atoms with Gasteiger partial charge in [-0.3, -0.25) is 9.20 Å². The Morgan fingerprint density at radius 2 is 2.00 bits per heavy atom. The number of aromatic nitrogens is 5. The zero-order chi connectivity index (χ0) is 20.8. The van der Waals surface area contributed by atoms with Crippen LogP contribution in [0.5, 0.6) is 5.88 Å². The molecule has 0 radical (unpaired) electrons. The molecule has 2 atom stereocenters. The number of carbonyl (C=O) groups is 1. The van der Waals surface area contributed by atoms with E-state index in [0.29, 0.717) is 35.2 Å². The standard InChI is InChI=1S/C20H24N8O2/c1-4-21-17-12-8-27(9-13(12)17)16-6-22-14(5-23-16)19(29)25-15-10-28-7-11(2)24-18(28)20(26-15)30-3/h5-7,10,12-13,17,21H,4,8-9H2,1-3H3,(H,25,29). The van der Waals surface area contributed by atoms with E-state index in [1.807, 2.05) is 13.1 Å². The molecule has 10 nitrogen and oxygen atoms in total. The molecule has 2 fully saturated rings. The van der Waals surface area contributed by atoms with Crippen LogP contribution in [0.15, 0.2) is 24.8 Å². The average Bonchev–Trinajstić information content (AvgIpc) is 3.08. The number of ether oxygens (including phenoxy) is 1.